The van der Waals surface area contributed by atoms with Crippen LogP contribution in [-0.2, 0) is 20.9 Å². The van der Waals surface area contributed by atoms with Crippen LogP contribution < -0.4 is 4.74 Å². The third-order valence-electron chi connectivity index (χ3n) is 7.03. The molecule has 0 radical (unpaired) electrons. The Morgan fingerprint density at radius 3 is 2.23 bits per heavy atom. The second kappa shape index (κ2) is 13.2. The van der Waals surface area contributed by atoms with Gasteiger partial charge in [-0.2, -0.15) is 4.98 Å². The highest BCUT2D eigenvalue weighted by Gasteiger charge is 2.27. The van der Waals surface area contributed by atoms with E-state index >= 15 is 0 Å². The van der Waals surface area contributed by atoms with Crippen molar-refractivity contribution in [3.8, 4) is 28.4 Å². The van der Waals surface area contributed by atoms with E-state index < -0.39 is 5.97 Å². The zero-order chi connectivity index (χ0) is 27.9. The van der Waals surface area contributed by atoms with E-state index in [1.807, 2.05) is 36.4 Å². The first-order chi connectivity index (χ1) is 19.5. The molecule has 2 aromatic heterocycles. The standard InChI is InChI=1S/C30H32ClN3O6/c31-25-17-26-28(34-30(32-26)40-24-11-9-23(10-12-24)29(36)37)33-27(25)22-7-5-21(6-8-22)20-3-1-19(2-4-20)18-39-16-15-38-14-13-35/h1-8,17,23-24,35H,9-16,18H2,(H,36,37)(H,32,33,34)/t23-,24-. The van der Waals surface area contributed by atoms with Crippen molar-refractivity contribution in [2.24, 2.45) is 5.92 Å². The van der Waals surface area contributed by atoms with Gasteiger partial charge in [-0.1, -0.05) is 60.1 Å². The first-order valence-electron chi connectivity index (χ1n) is 13.4. The number of fused-ring (bicyclic) bond motifs is 1. The van der Waals surface area contributed by atoms with Crippen LogP contribution in [0.2, 0.25) is 5.02 Å². The number of aromatic nitrogens is 3. The predicted molar refractivity (Wildman–Crippen MR) is 151 cm³/mol. The molecule has 0 bridgehead atoms. The van der Waals surface area contributed by atoms with Crippen LogP contribution in [0.25, 0.3) is 33.5 Å². The average molecular weight is 566 g/mol. The van der Waals surface area contributed by atoms with Crippen LogP contribution in [0, 0.1) is 5.92 Å². The largest absolute Gasteiger partial charge is 0.481 e. The van der Waals surface area contributed by atoms with Crippen LogP contribution in [0.3, 0.4) is 0 Å². The Balaban J connectivity index is 1.21. The lowest BCUT2D eigenvalue weighted by molar-refractivity contribution is -0.143. The number of aliphatic carboxylic acids is 1. The van der Waals surface area contributed by atoms with E-state index in [4.69, 9.17) is 35.9 Å². The quantitative estimate of drug-likeness (QED) is 0.192. The predicted octanol–water partition coefficient (Wildman–Crippen LogP) is 5.49. The van der Waals surface area contributed by atoms with E-state index in [2.05, 4.69) is 22.1 Å². The molecule has 2 heterocycles. The fourth-order valence-electron chi connectivity index (χ4n) is 4.83. The Bertz CT molecular complexity index is 1420. The highest BCUT2D eigenvalue weighted by Crippen LogP contribution is 2.32. The molecule has 40 heavy (non-hydrogen) atoms. The first kappa shape index (κ1) is 28.0. The van der Waals surface area contributed by atoms with Crippen molar-refractivity contribution < 1.29 is 29.2 Å². The minimum atomic E-state index is -0.737. The zero-order valence-corrected chi connectivity index (χ0v) is 22.8. The van der Waals surface area contributed by atoms with Crippen molar-refractivity contribution in [3.05, 3.63) is 65.2 Å². The number of hydrogen-bond donors (Lipinski definition) is 3. The van der Waals surface area contributed by atoms with E-state index in [1.54, 1.807) is 6.07 Å². The van der Waals surface area contributed by atoms with Gasteiger partial charge < -0.3 is 29.4 Å². The highest BCUT2D eigenvalue weighted by atomic mass is 35.5. The topological polar surface area (TPSA) is 127 Å². The summed E-state index contributed by atoms with van der Waals surface area (Å²) in [6.45, 7) is 1.78. The number of carboxylic acids is 1. The smallest absolute Gasteiger partial charge is 0.306 e. The molecule has 9 nitrogen and oxygen atoms in total. The molecule has 0 aliphatic heterocycles. The average Bonchev–Trinajstić information content (AvgIpc) is 3.36. The molecule has 0 amide bonds. The maximum absolute atomic E-state index is 11.2. The molecule has 0 atom stereocenters. The van der Waals surface area contributed by atoms with Gasteiger partial charge >= 0.3 is 5.97 Å². The summed E-state index contributed by atoms with van der Waals surface area (Å²) in [6.07, 6.45) is 2.49. The number of rotatable bonds is 12. The maximum Gasteiger partial charge on any atom is 0.306 e. The molecule has 1 aliphatic carbocycles. The van der Waals surface area contributed by atoms with Crippen molar-refractivity contribution >= 4 is 28.7 Å². The third kappa shape index (κ3) is 6.98. The van der Waals surface area contributed by atoms with Gasteiger partial charge in [-0.15, -0.1) is 0 Å². The van der Waals surface area contributed by atoms with E-state index in [9.17, 15) is 9.90 Å². The van der Waals surface area contributed by atoms with Gasteiger partial charge in [0.15, 0.2) is 5.65 Å². The number of nitrogens with one attached hydrogen (secondary N) is 1. The van der Waals surface area contributed by atoms with Crippen LogP contribution >= 0.6 is 11.6 Å². The second-order valence-electron chi connectivity index (χ2n) is 9.82. The summed E-state index contributed by atoms with van der Waals surface area (Å²) in [5.74, 6) is -1.03. The zero-order valence-electron chi connectivity index (χ0n) is 22.0. The number of benzene rings is 2. The summed E-state index contributed by atoms with van der Waals surface area (Å²) in [4.78, 5) is 23.5. The molecule has 1 saturated carbocycles. The number of carboxylic acid groups (broad SMARTS) is 1. The normalized spacial score (nSPS) is 17.2. The summed E-state index contributed by atoms with van der Waals surface area (Å²) in [5, 5.41) is 18.4. The number of nitrogens with zero attached hydrogens (tertiary/aromatic N) is 2. The van der Waals surface area contributed by atoms with Crippen LogP contribution in [0.4, 0.5) is 0 Å². The molecule has 1 fully saturated rings. The number of imidazole rings is 1. The van der Waals surface area contributed by atoms with Gasteiger partial charge in [0.25, 0.3) is 6.01 Å². The number of halogens is 1. The van der Waals surface area contributed by atoms with E-state index in [1.165, 1.54) is 0 Å². The van der Waals surface area contributed by atoms with Gasteiger partial charge in [-0.05, 0) is 48.4 Å². The summed E-state index contributed by atoms with van der Waals surface area (Å²) in [5.41, 5.74) is 5.93. The van der Waals surface area contributed by atoms with Crippen molar-refractivity contribution in [2.45, 2.75) is 38.4 Å². The number of ether oxygens (including phenoxy) is 3. The van der Waals surface area contributed by atoms with Crippen LogP contribution in [0.15, 0.2) is 54.6 Å². The van der Waals surface area contributed by atoms with E-state index in [0.717, 1.165) is 22.3 Å². The lowest BCUT2D eigenvalue weighted by Gasteiger charge is -2.25. The summed E-state index contributed by atoms with van der Waals surface area (Å²) in [6, 6.07) is 18.4. The minimum Gasteiger partial charge on any atom is -0.481 e. The second-order valence-corrected chi connectivity index (χ2v) is 10.2. The molecular formula is C30H32ClN3O6. The molecular weight excluding hydrogens is 534 g/mol. The van der Waals surface area contributed by atoms with E-state index in [0.29, 0.717) is 80.0 Å². The Kier molecular flexibility index (Phi) is 9.28. The number of H-pyrrole nitrogens is 1. The number of hydrogen-bond acceptors (Lipinski definition) is 7. The highest BCUT2D eigenvalue weighted by molar-refractivity contribution is 6.33. The number of pyridine rings is 1. The summed E-state index contributed by atoms with van der Waals surface area (Å²) < 4.78 is 16.8. The van der Waals surface area contributed by atoms with Gasteiger partial charge in [0.1, 0.15) is 6.10 Å². The molecule has 5 rings (SSSR count). The molecule has 3 N–H and O–H groups in total. The van der Waals surface area contributed by atoms with Crippen molar-refractivity contribution in [1.82, 2.24) is 15.0 Å². The fourth-order valence-corrected chi connectivity index (χ4v) is 5.09. The van der Waals surface area contributed by atoms with Gasteiger partial charge in [0.2, 0.25) is 0 Å². The molecule has 0 unspecified atom stereocenters. The van der Waals surface area contributed by atoms with Crippen molar-refractivity contribution in [3.63, 3.8) is 0 Å². The van der Waals surface area contributed by atoms with Crippen LogP contribution in [0.5, 0.6) is 6.01 Å². The Hall–Kier alpha value is -3.50. The molecule has 1 aliphatic rings. The third-order valence-corrected chi connectivity index (χ3v) is 7.32. The molecule has 0 saturated heterocycles. The number of aromatic amines is 1. The SMILES string of the molecule is O=C(O)[C@H]1CC[C@H](Oc2nc3nc(-c4ccc(-c5ccc(COCCOCCO)cc5)cc4)c(Cl)cc3[nH]2)CC1. The van der Waals surface area contributed by atoms with Crippen molar-refractivity contribution in [2.75, 3.05) is 26.4 Å². The number of aliphatic hydroxyl groups excluding tert-OH is 1. The monoisotopic (exact) mass is 565 g/mol. The molecule has 210 valence electrons. The Morgan fingerprint density at radius 2 is 1.55 bits per heavy atom. The van der Waals surface area contributed by atoms with Crippen LogP contribution in [0.1, 0.15) is 31.2 Å². The van der Waals surface area contributed by atoms with Crippen molar-refractivity contribution in [1.29, 1.82) is 0 Å². The number of aliphatic hydroxyl groups is 1. The van der Waals surface area contributed by atoms with Gasteiger partial charge in [-0.3, -0.25) is 4.79 Å². The lowest BCUT2D eigenvalue weighted by atomic mass is 9.87. The maximum atomic E-state index is 11.2. The Labute approximate surface area is 237 Å². The van der Waals surface area contributed by atoms with Crippen LogP contribution in [-0.4, -0.2) is 63.7 Å². The molecule has 10 heteroatoms. The summed E-state index contributed by atoms with van der Waals surface area (Å²) >= 11 is 6.60. The number of carbonyl (C=O) groups is 1. The summed E-state index contributed by atoms with van der Waals surface area (Å²) in [7, 11) is 0. The lowest BCUT2D eigenvalue weighted by Crippen LogP contribution is -2.28. The molecule has 4 aromatic rings. The molecule has 2 aromatic carbocycles. The van der Waals surface area contributed by atoms with Gasteiger partial charge in [-0.25, -0.2) is 4.98 Å². The van der Waals surface area contributed by atoms with Gasteiger partial charge in [0.05, 0.1) is 55.2 Å². The first-order valence-corrected chi connectivity index (χ1v) is 13.8. The molecule has 0 spiro atoms. The fraction of sp³-hybridized carbons (Fsp3) is 0.367. The minimum absolute atomic E-state index is 0.0160. The van der Waals surface area contributed by atoms with E-state index in [-0.39, 0.29) is 18.6 Å². The Morgan fingerprint density at radius 1 is 0.900 bits per heavy atom. The van der Waals surface area contributed by atoms with Gasteiger partial charge in [0, 0.05) is 5.56 Å².